The van der Waals surface area contributed by atoms with E-state index in [2.05, 4.69) is 15.9 Å². The van der Waals surface area contributed by atoms with Crippen molar-refractivity contribution < 1.29 is 9.18 Å². The van der Waals surface area contributed by atoms with E-state index in [4.69, 9.17) is 5.73 Å². The summed E-state index contributed by atoms with van der Waals surface area (Å²) in [4.78, 5) is 13.5. The van der Waals surface area contributed by atoms with Crippen molar-refractivity contribution in [2.24, 2.45) is 5.73 Å². The Morgan fingerprint density at radius 2 is 2.29 bits per heavy atom. The van der Waals surface area contributed by atoms with Crippen LogP contribution in [0.5, 0.6) is 0 Å². The van der Waals surface area contributed by atoms with Crippen LogP contribution in [0.1, 0.15) is 24.9 Å². The molecule has 0 aliphatic carbocycles. The molecule has 0 aromatic heterocycles. The first-order chi connectivity index (χ1) is 8.04. The summed E-state index contributed by atoms with van der Waals surface area (Å²) >= 11 is 3.15. The molecule has 3 nitrogen and oxygen atoms in total. The number of amides is 1. The highest BCUT2D eigenvalue weighted by atomic mass is 79.9. The molecule has 1 heterocycles. The highest BCUT2D eigenvalue weighted by Crippen LogP contribution is 2.33. The average Bonchev–Trinajstić information content (AvgIpc) is 2.57. The summed E-state index contributed by atoms with van der Waals surface area (Å²) in [5.41, 5.74) is 6.86. The molecule has 1 aliphatic heterocycles. The summed E-state index contributed by atoms with van der Waals surface area (Å²) in [5.74, 6) is -0.250. The molecule has 17 heavy (non-hydrogen) atoms. The van der Waals surface area contributed by atoms with E-state index in [9.17, 15) is 9.18 Å². The Bertz CT molecular complexity index is 452. The van der Waals surface area contributed by atoms with Crippen molar-refractivity contribution in [3.8, 4) is 0 Å². The Hall–Kier alpha value is -0.940. The molecule has 92 valence electrons. The Morgan fingerprint density at radius 1 is 1.59 bits per heavy atom. The third kappa shape index (κ3) is 2.21. The summed E-state index contributed by atoms with van der Waals surface area (Å²) in [7, 11) is 0. The van der Waals surface area contributed by atoms with Gasteiger partial charge in [-0.3, -0.25) is 4.79 Å². The van der Waals surface area contributed by atoms with Crippen LogP contribution in [0.25, 0.3) is 0 Å². The second-order valence-corrected chi connectivity index (χ2v) is 5.02. The number of carbonyl (C=O) groups excluding carboxylic acids is 1. The maximum atomic E-state index is 13.2. The molecule has 1 aromatic carbocycles. The van der Waals surface area contributed by atoms with Gasteiger partial charge in [0.1, 0.15) is 5.82 Å². The molecule has 0 spiro atoms. The molecular formula is C12H14BrFN2O. The monoisotopic (exact) mass is 300 g/mol. The average molecular weight is 301 g/mol. The fourth-order valence-electron chi connectivity index (χ4n) is 2.31. The van der Waals surface area contributed by atoms with Crippen LogP contribution in [0, 0.1) is 5.82 Å². The topological polar surface area (TPSA) is 46.3 Å². The Morgan fingerprint density at radius 3 is 2.88 bits per heavy atom. The van der Waals surface area contributed by atoms with E-state index in [1.165, 1.54) is 6.07 Å². The van der Waals surface area contributed by atoms with Gasteiger partial charge in [-0.05, 0) is 40.5 Å². The lowest BCUT2D eigenvalue weighted by Crippen LogP contribution is -2.32. The number of nitrogens with zero attached hydrogens (tertiary/aromatic N) is 1. The molecule has 1 amide bonds. The van der Waals surface area contributed by atoms with E-state index >= 15 is 0 Å². The molecular weight excluding hydrogens is 287 g/mol. The number of carbonyl (C=O) groups is 1. The first-order valence-corrected chi connectivity index (χ1v) is 6.34. The highest BCUT2D eigenvalue weighted by molar-refractivity contribution is 9.10. The number of rotatable bonds is 2. The van der Waals surface area contributed by atoms with Crippen LogP contribution in [0.2, 0.25) is 0 Å². The van der Waals surface area contributed by atoms with Crippen molar-refractivity contribution >= 4 is 21.8 Å². The van der Waals surface area contributed by atoms with Crippen molar-refractivity contribution in [3.63, 3.8) is 0 Å². The van der Waals surface area contributed by atoms with Gasteiger partial charge in [0.05, 0.1) is 10.5 Å². The van der Waals surface area contributed by atoms with Gasteiger partial charge >= 0.3 is 0 Å². The minimum Gasteiger partial charge on any atom is -0.334 e. The van der Waals surface area contributed by atoms with Crippen LogP contribution in [0.15, 0.2) is 22.7 Å². The van der Waals surface area contributed by atoms with Gasteiger partial charge in [0, 0.05) is 19.0 Å². The molecule has 0 bridgehead atoms. The molecule has 2 N–H and O–H groups in total. The third-order valence-electron chi connectivity index (χ3n) is 3.10. The van der Waals surface area contributed by atoms with E-state index in [-0.39, 0.29) is 23.8 Å². The number of benzene rings is 1. The van der Waals surface area contributed by atoms with Crippen LogP contribution in [-0.2, 0) is 4.79 Å². The summed E-state index contributed by atoms with van der Waals surface area (Å²) in [6, 6.07) is 4.40. The lowest BCUT2D eigenvalue weighted by Gasteiger charge is -2.26. The molecule has 2 unspecified atom stereocenters. The number of hydrogen-bond donors (Lipinski definition) is 1. The quantitative estimate of drug-likeness (QED) is 0.910. The molecule has 1 saturated heterocycles. The van der Waals surface area contributed by atoms with Gasteiger partial charge in [-0.15, -0.1) is 0 Å². The van der Waals surface area contributed by atoms with E-state index in [0.29, 0.717) is 17.4 Å². The van der Waals surface area contributed by atoms with Gasteiger partial charge in [-0.1, -0.05) is 6.07 Å². The molecule has 0 saturated carbocycles. The molecule has 2 atom stereocenters. The van der Waals surface area contributed by atoms with Crippen LogP contribution >= 0.6 is 15.9 Å². The van der Waals surface area contributed by atoms with E-state index < -0.39 is 0 Å². The predicted octanol–water partition coefficient (Wildman–Crippen LogP) is 2.21. The van der Waals surface area contributed by atoms with Crippen LogP contribution in [0.4, 0.5) is 4.39 Å². The third-order valence-corrected chi connectivity index (χ3v) is 3.71. The number of likely N-dealkylation sites (tertiary alicyclic amines) is 1. The number of halogens is 2. The van der Waals surface area contributed by atoms with Gasteiger partial charge in [0.2, 0.25) is 5.91 Å². The van der Waals surface area contributed by atoms with Gasteiger partial charge < -0.3 is 10.6 Å². The molecule has 1 aliphatic rings. The first kappa shape index (κ1) is 12.5. The number of nitrogens with two attached hydrogens (primary N) is 1. The Kier molecular flexibility index (Phi) is 3.49. The van der Waals surface area contributed by atoms with Gasteiger partial charge in [0.15, 0.2) is 0 Å². The molecule has 5 heteroatoms. The van der Waals surface area contributed by atoms with Crippen molar-refractivity contribution in [2.75, 3.05) is 6.54 Å². The maximum absolute atomic E-state index is 13.2. The standard InChI is InChI=1S/C12H14BrFN2O/c1-2-16-11(17)6-10(15)12(16)7-3-4-9(14)8(13)5-7/h3-5,10,12H,2,6,15H2,1H3. The number of hydrogen-bond acceptors (Lipinski definition) is 2. The van der Waals surface area contributed by atoms with Gasteiger partial charge in [-0.2, -0.15) is 0 Å². The zero-order chi connectivity index (χ0) is 12.6. The summed E-state index contributed by atoms with van der Waals surface area (Å²) in [6.45, 7) is 2.54. The summed E-state index contributed by atoms with van der Waals surface area (Å²) in [6.07, 6.45) is 0.355. The number of likely N-dealkylation sites (N-methyl/N-ethyl adjacent to an activating group) is 1. The predicted molar refractivity (Wildman–Crippen MR) is 66.8 cm³/mol. The zero-order valence-corrected chi connectivity index (χ0v) is 11.1. The maximum Gasteiger partial charge on any atom is 0.224 e. The minimum absolute atomic E-state index is 0.0606. The fraction of sp³-hybridized carbons (Fsp3) is 0.417. The second-order valence-electron chi connectivity index (χ2n) is 4.17. The first-order valence-electron chi connectivity index (χ1n) is 5.54. The molecule has 1 fully saturated rings. The molecule has 0 radical (unpaired) electrons. The van der Waals surface area contributed by atoms with Crippen LogP contribution in [-0.4, -0.2) is 23.4 Å². The largest absolute Gasteiger partial charge is 0.334 e. The Labute approximate surface area is 108 Å². The molecule has 1 aromatic rings. The Balaban J connectivity index is 2.37. The minimum atomic E-state index is -0.310. The van der Waals surface area contributed by atoms with Crippen molar-refractivity contribution in [1.82, 2.24) is 4.90 Å². The SMILES string of the molecule is CCN1C(=O)CC(N)C1c1ccc(F)c(Br)c1. The van der Waals surface area contributed by atoms with E-state index in [0.717, 1.165) is 5.56 Å². The van der Waals surface area contributed by atoms with Gasteiger partial charge in [-0.25, -0.2) is 4.39 Å². The van der Waals surface area contributed by atoms with Gasteiger partial charge in [0.25, 0.3) is 0 Å². The smallest absolute Gasteiger partial charge is 0.224 e. The van der Waals surface area contributed by atoms with Crippen LogP contribution in [0.3, 0.4) is 0 Å². The second kappa shape index (κ2) is 4.74. The normalized spacial score (nSPS) is 24.5. The van der Waals surface area contributed by atoms with Crippen molar-refractivity contribution in [2.45, 2.75) is 25.4 Å². The van der Waals surface area contributed by atoms with Crippen LogP contribution < -0.4 is 5.73 Å². The fourth-order valence-corrected chi connectivity index (χ4v) is 2.71. The zero-order valence-electron chi connectivity index (χ0n) is 9.49. The molecule has 2 rings (SSSR count). The lowest BCUT2D eigenvalue weighted by molar-refractivity contribution is -0.128. The summed E-state index contributed by atoms with van der Waals surface area (Å²) < 4.78 is 13.6. The summed E-state index contributed by atoms with van der Waals surface area (Å²) in [5, 5.41) is 0. The van der Waals surface area contributed by atoms with E-state index in [1.54, 1.807) is 17.0 Å². The van der Waals surface area contributed by atoms with Crippen molar-refractivity contribution in [3.05, 3.63) is 34.1 Å². The lowest BCUT2D eigenvalue weighted by atomic mass is 10.0. The highest BCUT2D eigenvalue weighted by Gasteiger charge is 2.37. The van der Waals surface area contributed by atoms with Crippen molar-refractivity contribution in [1.29, 1.82) is 0 Å². The van der Waals surface area contributed by atoms with E-state index in [1.807, 2.05) is 6.92 Å².